The number of sulfonamides is 1. The van der Waals surface area contributed by atoms with Gasteiger partial charge in [0.1, 0.15) is 5.82 Å². The van der Waals surface area contributed by atoms with Gasteiger partial charge >= 0.3 is 0 Å². The number of rotatable bonds is 5. The topological polar surface area (TPSA) is 49.4 Å². The predicted molar refractivity (Wildman–Crippen MR) is 80.9 cm³/mol. The maximum Gasteiger partial charge on any atom is 0.243 e. The maximum atomic E-state index is 13.7. The Bertz CT molecular complexity index is 602. The summed E-state index contributed by atoms with van der Waals surface area (Å²) in [6, 6.07) is 4.07. The van der Waals surface area contributed by atoms with E-state index < -0.39 is 10.0 Å². The lowest BCUT2D eigenvalue weighted by Crippen LogP contribution is -2.38. The van der Waals surface area contributed by atoms with E-state index in [1.54, 1.807) is 11.4 Å². The van der Waals surface area contributed by atoms with Crippen LogP contribution in [0.1, 0.15) is 32.3 Å². The van der Waals surface area contributed by atoms with Crippen molar-refractivity contribution < 1.29 is 12.8 Å². The van der Waals surface area contributed by atoms with Crippen molar-refractivity contribution in [3.8, 4) is 0 Å². The van der Waals surface area contributed by atoms with Crippen LogP contribution in [0.4, 0.5) is 4.39 Å². The van der Waals surface area contributed by atoms with E-state index in [1.165, 1.54) is 18.2 Å². The van der Waals surface area contributed by atoms with E-state index in [1.807, 2.05) is 13.8 Å². The van der Waals surface area contributed by atoms with Gasteiger partial charge in [-0.15, -0.1) is 0 Å². The number of halogens is 1. The first kappa shape index (κ1) is 16.4. The Hall–Kier alpha value is -0.980. The summed E-state index contributed by atoms with van der Waals surface area (Å²) >= 11 is 0. The zero-order valence-electron chi connectivity index (χ0n) is 12.8. The molecule has 1 unspecified atom stereocenters. The highest BCUT2D eigenvalue weighted by Crippen LogP contribution is 2.30. The molecular formula is C15H23FN2O2S. The van der Waals surface area contributed by atoms with Crippen LogP contribution in [0.5, 0.6) is 0 Å². The van der Waals surface area contributed by atoms with E-state index in [-0.39, 0.29) is 22.7 Å². The molecule has 6 heteroatoms. The molecule has 4 nitrogen and oxygen atoms in total. The summed E-state index contributed by atoms with van der Waals surface area (Å²) < 4.78 is 40.9. The first-order chi connectivity index (χ1) is 9.87. The number of hydrogen-bond donors (Lipinski definition) is 1. The molecule has 21 heavy (non-hydrogen) atoms. The van der Waals surface area contributed by atoms with Crippen molar-refractivity contribution >= 4 is 10.0 Å². The summed E-state index contributed by atoms with van der Waals surface area (Å²) in [5.41, 5.74) is 0.374. The van der Waals surface area contributed by atoms with Gasteiger partial charge < -0.3 is 5.32 Å². The SMILES string of the molecule is CNCc1cc(S(=O)(=O)N2CCCC2C(C)C)ccc1F. The number of nitrogens with one attached hydrogen (secondary N) is 1. The highest BCUT2D eigenvalue weighted by molar-refractivity contribution is 7.89. The fraction of sp³-hybridized carbons (Fsp3) is 0.600. The van der Waals surface area contributed by atoms with E-state index in [0.29, 0.717) is 18.7 Å². The minimum Gasteiger partial charge on any atom is -0.316 e. The van der Waals surface area contributed by atoms with Crippen LogP contribution in [-0.2, 0) is 16.6 Å². The summed E-state index contributed by atoms with van der Waals surface area (Å²) in [6.45, 7) is 4.93. The lowest BCUT2D eigenvalue weighted by atomic mass is 10.0. The fourth-order valence-corrected chi connectivity index (χ4v) is 4.78. The molecule has 0 spiro atoms. The molecule has 1 aromatic rings. The Labute approximate surface area is 126 Å². The molecule has 0 radical (unpaired) electrons. The molecule has 0 bridgehead atoms. The summed E-state index contributed by atoms with van der Waals surface area (Å²) in [4.78, 5) is 0.182. The molecule has 1 saturated heterocycles. The average molecular weight is 314 g/mol. The van der Waals surface area contributed by atoms with Crippen LogP contribution >= 0.6 is 0 Å². The molecule has 0 aliphatic carbocycles. The zero-order chi connectivity index (χ0) is 15.6. The second kappa shape index (κ2) is 6.42. The van der Waals surface area contributed by atoms with Gasteiger partial charge in [0.05, 0.1) is 4.90 Å². The second-order valence-corrected chi connectivity index (χ2v) is 7.74. The van der Waals surface area contributed by atoms with Crippen molar-refractivity contribution in [3.05, 3.63) is 29.6 Å². The van der Waals surface area contributed by atoms with Gasteiger partial charge in [0.2, 0.25) is 10.0 Å². The van der Waals surface area contributed by atoms with Gasteiger partial charge in [0, 0.05) is 24.7 Å². The Kier molecular flexibility index (Phi) is 5.01. The normalized spacial score (nSPS) is 20.3. The van der Waals surface area contributed by atoms with Crippen LogP contribution in [-0.4, -0.2) is 32.4 Å². The lowest BCUT2D eigenvalue weighted by molar-refractivity contribution is 0.315. The number of hydrogen-bond acceptors (Lipinski definition) is 3. The molecule has 0 amide bonds. The molecule has 0 aromatic heterocycles. The Morgan fingerprint density at radius 3 is 2.76 bits per heavy atom. The molecule has 118 valence electrons. The van der Waals surface area contributed by atoms with Crippen molar-refractivity contribution in [1.82, 2.24) is 9.62 Å². The van der Waals surface area contributed by atoms with Crippen LogP contribution in [0.25, 0.3) is 0 Å². The summed E-state index contributed by atoms with van der Waals surface area (Å²) in [5.74, 6) is -0.107. The zero-order valence-corrected chi connectivity index (χ0v) is 13.6. The average Bonchev–Trinajstić information content (AvgIpc) is 2.91. The van der Waals surface area contributed by atoms with Gasteiger partial charge in [0.15, 0.2) is 0 Å². The molecule has 1 aliphatic rings. The van der Waals surface area contributed by atoms with E-state index in [9.17, 15) is 12.8 Å². The lowest BCUT2D eigenvalue weighted by Gasteiger charge is -2.27. The predicted octanol–water partition coefficient (Wildman–Crippen LogP) is 2.35. The Balaban J connectivity index is 2.37. The van der Waals surface area contributed by atoms with Crippen LogP contribution in [0, 0.1) is 11.7 Å². The van der Waals surface area contributed by atoms with Crippen LogP contribution in [0.2, 0.25) is 0 Å². The molecule has 2 rings (SSSR count). The van der Waals surface area contributed by atoms with Gasteiger partial charge in [-0.25, -0.2) is 12.8 Å². The monoisotopic (exact) mass is 314 g/mol. The second-order valence-electron chi connectivity index (χ2n) is 5.85. The minimum absolute atomic E-state index is 0.0350. The van der Waals surface area contributed by atoms with Crippen molar-refractivity contribution in [2.45, 2.75) is 44.2 Å². The molecule has 1 aromatic carbocycles. The van der Waals surface area contributed by atoms with Gasteiger partial charge in [0.25, 0.3) is 0 Å². The van der Waals surface area contributed by atoms with E-state index in [2.05, 4.69) is 5.32 Å². The molecule has 1 atom stereocenters. The molecular weight excluding hydrogens is 291 g/mol. The molecule has 1 heterocycles. The van der Waals surface area contributed by atoms with Crippen LogP contribution in [0.3, 0.4) is 0 Å². The van der Waals surface area contributed by atoms with Crippen LogP contribution in [0.15, 0.2) is 23.1 Å². The first-order valence-electron chi connectivity index (χ1n) is 7.32. The van der Waals surface area contributed by atoms with E-state index in [4.69, 9.17) is 0 Å². The van der Waals surface area contributed by atoms with E-state index in [0.717, 1.165) is 12.8 Å². The Morgan fingerprint density at radius 2 is 2.14 bits per heavy atom. The van der Waals surface area contributed by atoms with Gasteiger partial charge in [-0.05, 0) is 44.0 Å². The third kappa shape index (κ3) is 3.27. The molecule has 1 N–H and O–H groups in total. The number of nitrogens with zero attached hydrogens (tertiary/aromatic N) is 1. The third-order valence-electron chi connectivity index (χ3n) is 4.01. The summed E-state index contributed by atoms with van der Waals surface area (Å²) in [6.07, 6.45) is 1.77. The highest BCUT2D eigenvalue weighted by Gasteiger charge is 2.36. The van der Waals surface area contributed by atoms with Gasteiger partial charge in [-0.2, -0.15) is 4.31 Å². The van der Waals surface area contributed by atoms with Crippen molar-refractivity contribution in [2.75, 3.05) is 13.6 Å². The highest BCUT2D eigenvalue weighted by atomic mass is 32.2. The molecule has 1 fully saturated rings. The molecule has 1 aliphatic heterocycles. The first-order valence-corrected chi connectivity index (χ1v) is 8.76. The maximum absolute atomic E-state index is 13.7. The van der Waals surface area contributed by atoms with Crippen molar-refractivity contribution in [3.63, 3.8) is 0 Å². The fourth-order valence-electron chi connectivity index (χ4n) is 2.90. The van der Waals surface area contributed by atoms with Crippen molar-refractivity contribution in [1.29, 1.82) is 0 Å². The standard InChI is InChI=1S/C15H23FN2O2S/c1-11(2)15-5-4-8-18(15)21(19,20)13-6-7-14(16)12(9-13)10-17-3/h6-7,9,11,15,17H,4-5,8,10H2,1-3H3. The van der Waals surface area contributed by atoms with Gasteiger partial charge in [-0.1, -0.05) is 13.8 Å². The largest absolute Gasteiger partial charge is 0.316 e. The Morgan fingerprint density at radius 1 is 1.43 bits per heavy atom. The van der Waals surface area contributed by atoms with Gasteiger partial charge in [-0.3, -0.25) is 0 Å². The van der Waals surface area contributed by atoms with E-state index >= 15 is 0 Å². The summed E-state index contributed by atoms with van der Waals surface area (Å²) in [5, 5.41) is 2.85. The minimum atomic E-state index is -3.55. The smallest absolute Gasteiger partial charge is 0.243 e. The van der Waals surface area contributed by atoms with Crippen LogP contribution < -0.4 is 5.32 Å². The number of benzene rings is 1. The quantitative estimate of drug-likeness (QED) is 0.907. The summed E-state index contributed by atoms with van der Waals surface area (Å²) in [7, 11) is -1.85. The third-order valence-corrected chi connectivity index (χ3v) is 5.93. The molecule has 0 saturated carbocycles. The van der Waals surface area contributed by atoms with Crippen molar-refractivity contribution in [2.24, 2.45) is 5.92 Å².